The van der Waals surface area contributed by atoms with E-state index in [4.69, 9.17) is 4.74 Å². The molecule has 144 valence electrons. The number of nitrogens with zero attached hydrogens (tertiary/aromatic N) is 2. The molecule has 2 aromatic rings. The molecule has 1 aliphatic heterocycles. The van der Waals surface area contributed by atoms with E-state index < -0.39 is 0 Å². The highest BCUT2D eigenvalue weighted by Crippen LogP contribution is 2.23. The second-order valence-electron chi connectivity index (χ2n) is 6.75. The third kappa shape index (κ3) is 5.13. The van der Waals surface area contributed by atoms with Gasteiger partial charge in [-0.05, 0) is 42.2 Å². The van der Waals surface area contributed by atoms with Gasteiger partial charge in [0.25, 0.3) is 0 Å². The number of aromatic nitrogens is 1. The molecular weight excluding hydrogens is 408 g/mol. The maximum absolute atomic E-state index is 13.1. The van der Waals surface area contributed by atoms with Gasteiger partial charge in [0.1, 0.15) is 6.04 Å². The summed E-state index contributed by atoms with van der Waals surface area (Å²) in [7, 11) is 1.65. The Hall–Kier alpha value is -1.80. The number of amides is 1. The molecule has 1 saturated heterocycles. The van der Waals surface area contributed by atoms with E-state index in [1.165, 1.54) is 5.56 Å². The summed E-state index contributed by atoms with van der Waals surface area (Å²) in [6.45, 7) is 3.66. The predicted octanol–water partition coefficient (Wildman–Crippen LogP) is 2.74. The maximum Gasteiger partial charge on any atom is 0.241 e. The molecule has 2 atom stereocenters. The zero-order valence-corrected chi connectivity index (χ0v) is 17.2. The van der Waals surface area contributed by atoms with Crippen molar-refractivity contribution in [2.45, 2.75) is 32.0 Å². The van der Waals surface area contributed by atoms with Crippen LogP contribution in [0.15, 0.2) is 47.2 Å². The Labute approximate surface area is 168 Å². The maximum atomic E-state index is 13.1. The van der Waals surface area contributed by atoms with Crippen molar-refractivity contribution in [3.05, 3.63) is 63.9 Å². The number of carbonyl (C=O) groups is 1. The lowest BCUT2D eigenvalue weighted by Crippen LogP contribution is -2.46. The van der Waals surface area contributed by atoms with Crippen LogP contribution in [0.3, 0.4) is 0 Å². The minimum Gasteiger partial charge on any atom is -0.383 e. The fourth-order valence-electron chi connectivity index (χ4n) is 3.16. The van der Waals surface area contributed by atoms with Crippen molar-refractivity contribution in [3.8, 4) is 0 Å². The van der Waals surface area contributed by atoms with Crippen molar-refractivity contribution in [1.29, 1.82) is 0 Å². The van der Waals surface area contributed by atoms with Gasteiger partial charge < -0.3 is 9.64 Å². The van der Waals surface area contributed by atoms with E-state index in [1.54, 1.807) is 13.3 Å². The Balaban J connectivity index is 1.68. The number of halogens is 1. The number of ether oxygens (including phenoxy) is 1. The smallest absolute Gasteiger partial charge is 0.241 e. The van der Waals surface area contributed by atoms with Crippen molar-refractivity contribution < 1.29 is 9.53 Å². The van der Waals surface area contributed by atoms with Crippen molar-refractivity contribution in [2.75, 3.05) is 20.3 Å². The average molecular weight is 433 g/mol. The molecule has 0 spiro atoms. The summed E-state index contributed by atoms with van der Waals surface area (Å²) in [5, 5.41) is 0. The number of hydrogen-bond donors (Lipinski definition) is 2. The van der Waals surface area contributed by atoms with E-state index in [1.807, 2.05) is 23.2 Å². The summed E-state index contributed by atoms with van der Waals surface area (Å²) in [4.78, 5) is 19.1. The lowest BCUT2D eigenvalue weighted by molar-refractivity contribution is -0.134. The molecule has 0 radical (unpaired) electrons. The monoisotopic (exact) mass is 432 g/mol. The first kappa shape index (κ1) is 19.9. The number of hydrogen-bond acceptors (Lipinski definition) is 5. The molecule has 1 amide bonds. The molecule has 6 nitrogen and oxygen atoms in total. The largest absolute Gasteiger partial charge is 0.383 e. The summed E-state index contributed by atoms with van der Waals surface area (Å²) in [5.74, 6) is 0.0719. The standard InChI is InChI=1S/C20H25BrN4O2/c1-14-5-6-15(10-17(14)21)13-25(8-9-27-2)20(26)19-11-18(23-24-19)16-4-3-7-22-12-16/h3-7,10,12,18-19,23-24H,8-9,11,13H2,1-2H3. The van der Waals surface area contributed by atoms with Crippen LogP contribution in [0.1, 0.15) is 29.2 Å². The average Bonchev–Trinajstić information content (AvgIpc) is 3.18. The molecule has 0 bridgehead atoms. The van der Waals surface area contributed by atoms with Crippen molar-refractivity contribution >= 4 is 21.8 Å². The molecule has 0 saturated carbocycles. The Kier molecular flexibility index (Phi) is 6.95. The zero-order valence-electron chi connectivity index (χ0n) is 15.6. The highest BCUT2D eigenvalue weighted by molar-refractivity contribution is 9.10. The van der Waals surface area contributed by atoms with Gasteiger partial charge in [0.05, 0.1) is 6.61 Å². The fourth-order valence-corrected chi connectivity index (χ4v) is 3.59. The van der Waals surface area contributed by atoms with E-state index in [-0.39, 0.29) is 18.0 Å². The quantitative estimate of drug-likeness (QED) is 0.703. The van der Waals surface area contributed by atoms with Gasteiger partial charge in [-0.2, -0.15) is 0 Å². The molecule has 1 aromatic carbocycles. The Bertz CT molecular complexity index is 772. The van der Waals surface area contributed by atoms with E-state index in [0.29, 0.717) is 26.1 Å². The fraction of sp³-hybridized carbons (Fsp3) is 0.400. The van der Waals surface area contributed by atoms with E-state index in [0.717, 1.165) is 15.6 Å². The van der Waals surface area contributed by atoms with E-state index in [2.05, 4.69) is 56.9 Å². The second kappa shape index (κ2) is 9.41. The first-order valence-electron chi connectivity index (χ1n) is 9.02. The van der Waals surface area contributed by atoms with Crippen molar-refractivity contribution in [1.82, 2.24) is 20.7 Å². The van der Waals surface area contributed by atoms with Gasteiger partial charge in [-0.15, -0.1) is 0 Å². The Morgan fingerprint density at radius 2 is 2.22 bits per heavy atom. The summed E-state index contributed by atoms with van der Waals surface area (Å²) in [5.41, 5.74) is 9.71. The number of benzene rings is 1. The number of pyridine rings is 1. The SMILES string of the molecule is COCCN(Cc1ccc(C)c(Br)c1)C(=O)C1CC(c2cccnc2)NN1. The van der Waals surface area contributed by atoms with Crippen molar-refractivity contribution in [3.63, 3.8) is 0 Å². The molecular formula is C20H25BrN4O2. The van der Waals surface area contributed by atoms with Gasteiger partial charge in [0.2, 0.25) is 5.91 Å². The Morgan fingerprint density at radius 3 is 2.93 bits per heavy atom. The summed E-state index contributed by atoms with van der Waals surface area (Å²) in [6.07, 6.45) is 4.27. The summed E-state index contributed by atoms with van der Waals surface area (Å²) in [6, 6.07) is 9.92. The van der Waals surface area contributed by atoms with Gasteiger partial charge in [0.15, 0.2) is 0 Å². The molecule has 2 unspecified atom stereocenters. The topological polar surface area (TPSA) is 66.5 Å². The molecule has 1 aromatic heterocycles. The first-order valence-corrected chi connectivity index (χ1v) is 9.81. The van der Waals surface area contributed by atoms with Crippen LogP contribution in [-0.4, -0.2) is 42.1 Å². The van der Waals surface area contributed by atoms with Crippen LogP contribution in [0.4, 0.5) is 0 Å². The van der Waals surface area contributed by atoms with Crippen LogP contribution in [0, 0.1) is 6.92 Å². The molecule has 27 heavy (non-hydrogen) atoms. The number of rotatable bonds is 7. The summed E-state index contributed by atoms with van der Waals surface area (Å²) < 4.78 is 6.26. The molecule has 7 heteroatoms. The second-order valence-corrected chi connectivity index (χ2v) is 7.61. The molecule has 1 fully saturated rings. The van der Waals surface area contributed by atoms with Gasteiger partial charge in [0, 0.05) is 43.1 Å². The highest BCUT2D eigenvalue weighted by Gasteiger charge is 2.33. The number of hydrazine groups is 1. The minimum atomic E-state index is -0.277. The van der Waals surface area contributed by atoms with Crippen LogP contribution < -0.4 is 10.9 Å². The third-order valence-electron chi connectivity index (χ3n) is 4.77. The number of carbonyl (C=O) groups excluding carboxylic acids is 1. The molecule has 1 aliphatic rings. The molecule has 0 aliphatic carbocycles. The zero-order chi connectivity index (χ0) is 19.2. The third-order valence-corrected chi connectivity index (χ3v) is 5.63. The normalized spacial score (nSPS) is 19.2. The highest BCUT2D eigenvalue weighted by atomic mass is 79.9. The Morgan fingerprint density at radius 1 is 1.37 bits per heavy atom. The van der Waals surface area contributed by atoms with Gasteiger partial charge >= 0.3 is 0 Å². The van der Waals surface area contributed by atoms with Crippen LogP contribution >= 0.6 is 15.9 Å². The lowest BCUT2D eigenvalue weighted by atomic mass is 10.0. The van der Waals surface area contributed by atoms with Gasteiger partial charge in [-0.25, -0.2) is 10.9 Å². The van der Waals surface area contributed by atoms with Crippen LogP contribution in [0.2, 0.25) is 0 Å². The number of nitrogens with one attached hydrogen (secondary N) is 2. The van der Waals surface area contributed by atoms with Gasteiger partial charge in [-0.1, -0.05) is 34.1 Å². The molecule has 2 N–H and O–H groups in total. The predicted molar refractivity (Wildman–Crippen MR) is 108 cm³/mol. The molecule has 2 heterocycles. The number of methoxy groups -OCH3 is 1. The van der Waals surface area contributed by atoms with E-state index >= 15 is 0 Å². The minimum absolute atomic E-state index is 0.0719. The van der Waals surface area contributed by atoms with Crippen LogP contribution in [-0.2, 0) is 16.1 Å². The van der Waals surface area contributed by atoms with Crippen LogP contribution in [0.5, 0.6) is 0 Å². The lowest BCUT2D eigenvalue weighted by Gasteiger charge is -2.25. The first-order chi connectivity index (χ1) is 13.1. The number of aryl methyl sites for hydroxylation is 1. The summed E-state index contributed by atoms with van der Waals surface area (Å²) >= 11 is 3.57. The van der Waals surface area contributed by atoms with Crippen molar-refractivity contribution in [2.24, 2.45) is 0 Å². The van der Waals surface area contributed by atoms with E-state index in [9.17, 15) is 4.79 Å². The van der Waals surface area contributed by atoms with Gasteiger partial charge in [-0.3, -0.25) is 9.78 Å². The molecule has 3 rings (SSSR count). The van der Waals surface area contributed by atoms with Crippen LogP contribution in [0.25, 0.3) is 0 Å².